The zero-order valence-electron chi connectivity index (χ0n) is 8.29. The highest BCUT2D eigenvalue weighted by Crippen LogP contribution is 2.55. The Kier molecular flexibility index (Phi) is 1.48. The lowest BCUT2D eigenvalue weighted by atomic mass is 9.54. The smallest absolute Gasteiger partial charge is 0.0836 e. The fourth-order valence-electron chi connectivity index (χ4n) is 4.17. The summed E-state index contributed by atoms with van der Waals surface area (Å²) >= 11 is 0. The zero-order chi connectivity index (χ0) is 9.05. The molecule has 0 amide bonds. The molecule has 1 heteroatoms. The van der Waals surface area contributed by atoms with Crippen LogP contribution < -0.4 is 0 Å². The second-order valence-corrected chi connectivity index (χ2v) is 5.31. The van der Waals surface area contributed by atoms with Crippen LogP contribution in [0.25, 0.3) is 0 Å². The van der Waals surface area contributed by atoms with Crippen LogP contribution >= 0.6 is 0 Å². The summed E-state index contributed by atoms with van der Waals surface area (Å²) in [5.74, 6) is 2.53. The van der Waals surface area contributed by atoms with E-state index in [1.54, 1.807) is 5.57 Å². The van der Waals surface area contributed by atoms with Crippen molar-refractivity contribution in [1.29, 1.82) is 0 Å². The second-order valence-electron chi connectivity index (χ2n) is 5.31. The lowest BCUT2D eigenvalue weighted by Gasteiger charge is -2.53. The van der Waals surface area contributed by atoms with Gasteiger partial charge in [0.05, 0.1) is 5.60 Å². The first-order valence-electron chi connectivity index (χ1n) is 5.63. The number of hydrogen-bond acceptors (Lipinski definition) is 1. The Hall–Kier alpha value is -0.300. The molecular weight excluding hydrogens is 160 g/mol. The molecule has 72 valence electrons. The SMILES string of the molecule is CCC1C2CC3=CC(O)(C2)CC1C3. The molecule has 0 aromatic carbocycles. The van der Waals surface area contributed by atoms with Gasteiger partial charge in [-0.05, 0) is 43.4 Å². The van der Waals surface area contributed by atoms with Gasteiger partial charge in [-0.2, -0.15) is 0 Å². The highest BCUT2D eigenvalue weighted by molar-refractivity contribution is 5.25. The van der Waals surface area contributed by atoms with Crippen LogP contribution in [0.15, 0.2) is 11.6 Å². The van der Waals surface area contributed by atoms with E-state index in [1.807, 2.05) is 0 Å². The monoisotopic (exact) mass is 178 g/mol. The average Bonchev–Trinajstić information content (AvgIpc) is 2.00. The minimum absolute atomic E-state index is 0.382. The molecule has 0 heterocycles. The first kappa shape index (κ1) is 8.05. The molecule has 0 aromatic rings. The molecular formula is C12H18O. The van der Waals surface area contributed by atoms with Gasteiger partial charge in [0.2, 0.25) is 0 Å². The maximum atomic E-state index is 10.2. The topological polar surface area (TPSA) is 20.2 Å². The Morgan fingerprint density at radius 3 is 2.46 bits per heavy atom. The van der Waals surface area contributed by atoms with E-state index in [0.29, 0.717) is 0 Å². The Morgan fingerprint density at radius 1 is 1.38 bits per heavy atom. The van der Waals surface area contributed by atoms with Crippen LogP contribution in [0.4, 0.5) is 0 Å². The lowest BCUT2D eigenvalue weighted by Crippen LogP contribution is -2.49. The second kappa shape index (κ2) is 2.38. The summed E-state index contributed by atoms with van der Waals surface area (Å²) in [5.41, 5.74) is 1.17. The Morgan fingerprint density at radius 2 is 2.00 bits per heavy atom. The summed E-state index contributed by atoms with van der Waals surface area (Å²) in [7, 11) is 0. The Balaban J connectivity index is 1.99. The normalized spacial score (nSPS) is 52.5. The predicted molar refractivity (Wildman–Crippen MR) is 52.3 cm³/mol. The van der Waals surface area contributed by atoms with Crippen molar-refractivity contribution in [2.24, 2.45) is 17.8 Å². The molecule has 0 spiro atoms. The maximum Gasteiger partial charge on any atom is 0.0836 e. The van der Waals surface area contributed by atoms with Crippen LogP contribution in [-0.2, 0) is 0 Å². The van der Waals surface area contributed by atoms with Crippen LogP contribution in [0.1, 0.15) is 39.0 Å². The first-order valence-corrected chi connectivity index (χ1v) is 5.63. The molecule has 4 bridgehead atoms. The van der Waals surface area contributed by atoms with Crippen molar-refractivity contribution in [3.05, 3.63) is 11.6 Å². The van der Waals surface area contributed by atoms with Gasteiger partial charge in [0.25, 0.3) is 0 Å². The van der Waals surface area contributed by atoms with E-state index in [-0.39, 0.29) is 5.60 Å². The van der Waals surface area contributed by atoms with Crippen LogP contribution in [-0.4, -0.2) is 10.7 Å². The van der Waals surface area contributed by atoms with Crippen molar-refractivity contribution < 1.29 is 5.11 Å². The van der Waals surface area contributed by atoms with Gasteiger partial charge in [-0.3, -0.25) is 0 Å². The average molecular weight is 178 g/mol. The van der Waals surface area contributed by atoms with E-state index in [9.17, 15) is 5.11 Å². The third kappa shape index (κ3) is 1.03. The van der Waals surface area contributed by atoms with Crippen LogP contribution in [0.5, 0.6) is 0 Å². The molecule has 0 aliphatic heterocycles. The van der Waals surface area contributed by atoms with Crippen molar-refractivity contribution in [3.8, 4) is 0 Å². The minimum Gasteiger partial charge on any atom is -0.386 e. The molecule has 4 aliphatic rings. The van der Waals surface area contributed by atoms with Gasteiger partial charge in [-0.25, -0.2) is 0 Å². The van der Waals surface area contributed by atoms with Gasteiger partial charge in [0, 0.05) is 0 Å². The molecule has 4 aliphatic carbocycles. The van der Waals surface area contributed by atoms with Crippen molar-refractivity contribution in [2.75, 3.05) is 0 Å². The van der Waals surface area contributed by atoms with Gasteiger partial charge >= 0.3 is 0 Å². The van der Waals surface area contributed by atoms with Gasteiger partial charge in [-0.15, -0.1) is 0 Å². The summed E-state index contributed by atoms with van der Waals surface area (Å²) in [6.07, 6.45) is 8.16. The highest BCUT2D eigenvalue weighted by Gasteiger charge is 2.49. The molecule has 1 nitrogen and oxygen atoms in total. The quantitative estimate of drug-likeness (QED) is 0.612. The molecule has 2 fully saturated rings. The molecule has 4 rings (SSSR count). The molecule has 2 unspecified atom stereocenters. The van der Waals surface area contributed by atoms with Crippen molar-refractivity contribution >= 4 is 0 Å². The van der Waals surface area contributed by atoms with Crippen LogP contribution in [0.2, 0.25) is 0 Å². The molecule has 1 N–H and O–H groups in total. The summed E-state index contributed by atoms with van der Waals surface area (Å²) < 4.78 is 0. The fourth-order valence-corrected chi connectivity index (χ4v) is 4.17. The van der Waals surface area contributed by atoms with Crippen molar-refractivity contribution in [1.82, 2.24) is 0 Å². The van der Waals surface area contributed by atoms with E-state index >= 15 is 0 Å². The van der Waals surface area contributed by atoms with Crippen molar-refractivity contribution in [2.45, 2.75) is 44.6 Å². The Bertz CT molecular complexity index is 248. The highest BCUT2D eigenvalue weighted by atomic mass is 16.3. The Labute approximate surface area is 79.8 Å². The summed E-state index contributed by atoms with van der Waals surface area (Å²) in [6.45, 7) is 2.31. The standard InChI is InChI=1S/C12H18O/c1-2-11-9-3-8-4-10(11)7-12(13,5-8)6-9/h5,9-11,13H,2-4,6-7H2,1H3. The van der Waals surface area contributed by atoms with E-state index in [2.05, 4.69) is 13.0 Å². The van der Waals surface area contributed by atoms with E-state index < -0.39 is 0 Å². The van der Waals surface area contributed by atoms with E-state index in [1.165, 1.54) is 19.3 Å². The molecule has 13 heavy (non-hydrogen) atoms. The lowest BCUT2D eigenvalue weighted by molar-refractivity contribution is -0.0561. The number of allylic oxidation sites excluding steroid dienone is 1. The first-order chi connectivity index (χ1) is 6.20. The molecule has 0 radical (unpaired) electrons. The summed E-state index contributed by atoms with van der Waals surface area (Å²) in [5, 5.41) is 10.2. The number of rotatable bonds is 1. The largest absolute Gasteiger partial charge is 0.386 e. The number of hydrogen-bond donors (Lipinski definition) is 1. The molecule has 0 saturated heterocycles. The molecule has 2 atom stereocenters. The maximum absolute atomic E-state index is 10.2. The third-order valence-electron chi connectivity index (χ3n) is 4.44. The molecule has 2 saturated carbocycles. The van der Waals surface area contributed by atoms with Gasteiger partial charge in [-0.1, -0.05) is 25.0 Å². The number of aliphatic hydroxyl groups is 1. The zero-order valence-corrected chi connectivity index (χ0v) is 8.29. The third-order valence-corrected chi connectivity index (χ3v) is 4.44. The van der Waals surface area contributed by atoms with Gasteiger partial charge in [0.15, 0.2) is 0 Å². The fraction of sp³-hybridized carbons (Fsp3) is 0.833. The van der Waals surface area contributed by atoms with Crippen LogP contribution in [0, 0.1) is 17.8 Å². The van der Waals surface area contributed by atoms with Crippen molar-refractivity contribution in [3.63, 3.8) is 0 Å². The van der Waals surface area contributed by atoms with E-state index in [4.69, 9.17) is 0 Å². The van der Waals surface area contributed by atoms with E-state index in [0.717, 1.165) is 30.6 Å². The summed E-state index contributed by atoms with van der Waals surface area (Å²) in [6, 6.07) is 0. The van der Waals surface area contributed by atoms with Gasteiger partial charge in [0.1, 0.15) is 0 Å². The summed E-state index contributed by atoms with van der Waals surface area (Å²) in [4.78, 5) is 0. The van der Waals surface area contributed by atoms with Crippen LogP contribution in [0.3, 0.4) is 0 Å². The van der Waals surface area contributed by atoms with Gasteiger partial charge < -0.3 is 5.11 Å². The predicted octanol–water partition coefficient (Wildman–Crippen LogP) is 2.50. The minimum atomic E-state index is -0.382. The molecule has 0 aromatic heterocycles.